The monoisotopic (exact) mass is 405 g/mol. The summed E-state index contributed by atoms with van der Waals surface area (Å²) in [5.41, 5.74) is 0.420. The maximum Gasteiger partial charge on any atom is 0.410 e. The molecule has 21 heavy (non-hydrogen) atoms. The molecule has 1 saturated carbocycles. The quantitative estimate of drug-likeness (QED) is 0.687. The van der Waals surface area contributed by atoms with Crippen LogP contribution in [0, 0.1) is 15.3 Å². The lowest BCUT2D eigenvalue weighted by Gasteiger charge is -2.27. The fraction of sp³-hybridized carbons (Fsp3) is 0.562. The third-order valence-electron chi connectivity index (χ3n) is 3.18. The number of carbonyl (C=O) groups is 1. The zero-order valence-electron chi connectivity index (χ0n) is 12.7. The number of hydrogen-bond acceptors (Lipinski definition) is 2. The second kappa shape index (κ2) is 6.50. The molecule has 1 amide bonds. The summed E-state index contributed by atoms with van der Waals surface area (Å²) in [6.45, 7) is 6.76. The van der Waals surface area contributed by atoms with Gasteiger partial charge < -0.3 is 9.64 Å². The molecule has 1 fully saturated rings. The SMILES string of the molecule is CC(C)(C)OC(=O)N(Cc1ccc(F)c(I)c1)CC1CC1. The van der Waals surface area contributed by atoms with Crippen LogP contribution in [0.15, 0.2) is 18.2 Å². The van der Waals surface area contributed by atoms with E-state index in [2.05, 4.69) is 0 Å². The number of hydrogen-bond donors (Lipinski definition) is 0. The minimum Gasteiger partial charge on any atom is -0.444 e. The van der Waals surface area contributed by atoms with Crippen LogP contribution in [-0.2, 0) is 11.3 Å². The van der Waals surface area contributed by atoms with Gasteiger partial charge in [0.1, 0.15) is 11.4 Å². The predicted octanol–water partition coefficient (Wildman–Crippen LogP) is 4.58. The Morgan fingerprint density at radius 3 is 2.62 bits per heavy atom. The zero-order valence-corrected chi connectivity index (χ0v) is 14.8. The third-order valence-corrected chi connectivity index (χ3v) is 4.01. The van der Waals surface area contributed by atoms with Gasteiger partial charge in [-0.2, -0.15) is 0 Å². The lowest BCUT2D eigenvalue weighted by Crippen LogP contribution is -2.37. The Hall–Kier alpha value is -0.850. The van der Waals surface area contributed by atoms with Gasteiger partial charge in [-0.05, 0) is 79.8 Å². The molecule has 0 N–H and O–H groups in total. The number of benzene rings is 1. The standard InChI is InChI=1S/C16H21FINO2/c1-16(2,3)21-15(20)19(9-11-4-5-11)10-12-6-7-13(17)14(18)8-12/h6-8,11H,4-5,9-10H2,1-3H3. The second-order valence-electron chi connectivity index (χ2n) is 6.55. The summed E-state index contributed by atoms with van der Waals surface area (Å²) in [5, 5.41) is 0. The molecule has 0 unspecified atom stereocenters. The summed E-state index contributed by atoms with van der Waals surface area (Å²) >= 11 is 1.96. The number of halogens is 2. The van der Waals surface area contributed by atoms with Gasteiger partial charge in [-0.1, -0.05) is 6.07 Å². The number of amides is 1. The van der Waals surface area contributed by atoms with E-state index in [4.69, 9.17) is 4.74 Å². The summed E-state index contributed by atoms with van der Waals surface area (Å²) in [5.74, 6) is 0.349. The van der Waals surface area contributed by atoms with Crippen LogP contribution in [0.5, 0.6) is 0 Å². The minimum absolute atomic E-state index is 0.231. The highest BCUT2D eigenvalue weighted by Crippen LogP contribution is 2.31. The third kappa shape index (κ3) is 5.45. The zero-order chi connectivity index (χ0) is 15.6. The fourth-order valence-electron chi connectivity index (χ4n) is 2.00. The summed E-state index contributed by atoms with van der Waals surface area (Å²) in [6, 6.07) is 4.95. The van der Waals surface area contributed by atoms with Crippen LogP contribution in [0.25, 0.3) is 0 Å². The highest BCUT2D eigenvalue weighted by atomic mass is 127. The second-order valence-corrected chi connectivity index (χ2v) is 7.71. The summed E-state index contributed by atoms with van der Waals surface area (Å²) in [7, 11) is 0. The normalized spacial score (nSPS) is 14.9. The van der Waals surface area contributed by atoms with Crippen LogP contribution in [0.1, 0.15) is 39.2 Å². The fourth-order valence-corrected chi connectivity index (χ4v) is 2.58. The van der Waals surface area contributed by atoms with Crippen molar-refractivity contribution < 1.29 is 13.9 Å². The molecule has 1 aromatic rings. The first kappa shape index (κ1) is 16.5. The number of nitrogens with zero attached hydrogens (tertiary/aromatic N) is 1. The van der Waals surface area contributed by atoms with Crippen molar-refractivity contribution in [3.05, 3.63) is 33.1 Å². The largest absolute Gasteiger partial charge is 0.444 e. The predicted molar refractivity (Wildman–Crippen MR) is 88.5 cm³/mol. The molecule has 116 valence electrons. The first-order chi connectivity index (χ1) is 9.74. The molecular weight excluding hydrogens is 384 g/mol. The Balaban J connectivity index is 2.07. The molecule has 1 aliphatic carbocycles. The van der Waals surface area contributed by atoms with E-state index in [1.807, 2.05) is 43.4 Å². The van der Waals surface area contributed by atoms with E-state index >= 15 is 0 Å². The maximum atomic E-state index is 13.3. The number of carbonyl (C=O) groups excluding carboxylic acids is 1. The van der Waals surface area contributed by atoms with Gasteiger partial charge in [0.2, 0.25) is 0 Å². The minimum atomic E-state index is -0.504. The summed E-state index contributed by atoms with van der Waals surface area (Å²) in [6.07, 6.45) is 2.04. The lowest BCUT2D eigenvalue weighted by molar-refractivity contribution is 0.0224. The Morgan fingerprint density at radius 1 is 1.43 bits per heavy atom. The van der Waals surface area contributed by atoms with Gasteiger partial charge in [0, 0.05) is 16.7 Å². The molecule has 2 rings (SSSR count). The number of ether oxygens (including phenoxy) is 1. The van der Waals surface area contributed by atoms with Crippen molar-refractivity contribution in [2.45, 2.75) is 45.8 Å². The van der Waals surface area contributed by atoms with Gasteiger partial charge in [-0.3, -0.25) is 0 Å². The molecule has 0 spiro atoms. The Labute approximate surface area is 139 Å². The van der Waals surface area contributed by atoms with Crippen LogP contribution >= 0.6 is 22.6 Å². The van der Waals surface area contributed by atoms with Gasteiger partial charge in [0.15, 0.2) is 0 Å². The van der Waals surface area contributed by atoms with E-state index in [-0.39, 0.29) is 11.9 Å². The van der Waals surface area contributed by atoms with Crippen molar-refractivity contribution in [2.75, 3.05) is 6.54 Å². The highest BCUT2D eigenvalue weighted by Gasteiger charge is 2.29. The molecule has 0 aromatic heterocycles. The van der Waals surface area contributed by atoms with Crippen molar-refractivity contribution in [1.29, 1.82) is 0 Å². The average molecular weight is 405 g/mol. The van der Waals surface area contributed by atoms with Crippen molar-refractivity contribution in [3.63, 3.8) is 0 Å². The Morgan fingerprint density at radius 2 is 2.10 bits per heavy atom. The van der Waals surface area contributed by atoms with E-state index in [1.54, 1.807) is 17.0 Å². The molecule has 0 heterocycles. The Bertz CT molecular complexity index is 523. The van der Waals surface area contributed by atoms with Crippen molar-refractivity contribution in [1.82, 2.24) is 4.90 Å². The first-order valence-electron chi connectivity index (χ1n) is 7.16. The van der Waals surface area contributed by atoms with Gasteiger partial charge in [0.05, 0.1) is 0 Å². The summed E-state index contributed by atoms with van der Waals surface area (Å²) in [4.78, 5) is 14.0. The highest BCUT2D eigenvalue weighted by molar-refractivity contribution is 14.1. The average Bonchev–Trinajstić information content (AvgIpc) is 3.15. The molecule has 0 radical (unpaired) electrons. The van der Waals surface area contributed by atoms with Gasteiger partial charge in [-0.15, -0.1) is 0 Å². The molecule has 0 aliphatic heterocycles. The molecule has 1 aromatic carbocycles. The van der Waals surface area contributed by atoms with Crippen molar-refractivity contribution >= 4 is 28.7 Å². The maximum absolute atomic E-state index is 13.3. The summed E-state index contributed by atoms with van der Waals surface area (Å²) < 4.78 is 19.4. The van der Waals surface area contributed by atoms with E-state index < -0.39 is 5.60 Å². The van der Waals surface area contributed by atoms with E-state index in [1.165, 1.54) is 18.9 Å². The molecule has 0 atom stereocenters. The topological polar surface area (TPSA) is 29.5 Å². The molecule has 0 bridgehead atoms. The van der Waals surface area contributed by atoms with Crippen LogP contribution in [0.3, 0.4) is 0 Å². The molecule has 1 aliphatic rings. The van der Waals surface area contributed by atoms with Crippen LogP contribution in [-0.4, -0.2) is 23.1 Å². The van der Waals surface area contributed by atoms with Gasteiger partial charge in [-0.25, -0.2) is 9.18 Å². The lowest BCUT2D eigenvalue weighted by atomic mass is 10.2. The van der Waals surface area contributed by atoms with Crippen LogP contribution < -0.4 is 0 Å². The van der Waals surface area contributed by atoms with Crippen LogP contribution in [0.2, 0.25) is 0 Å². The van der Waals surface area contributed by atoms with Crippen LogP contribution in [0.4, 0.5) is 9.18 Å². The van der Waals surface area contributed by atoms with E-state index in [0.29, 0.717) is 22.6 Å². The molecular formula is C16H21FINO2. The van der Waals surface area contributed by atoms with Crippen molar-refractivity contribution in [3.8, 4) is 0 Å². The molecule has 3 nitrogen and oxygen atoms in total. The molecule has 5 heteroatoms. The van der Waals surface area contributed by atoms with Gasteiger partial charge >= 0.3 is 6.09 Å². The Kier molecular flexibility index (Phi) is 5.11. The number of rotatable bonds is 4. The van der Waals surface area contributed by atoms with E-state index in [0.717, 1.165) is 5.56 Å². The smallest absolute Gasteiger partial charge is 0.410 e. The van der Waals surface area contributed by atoms with Gasteiger partial charge in [0.25, 0.3) is 0 Å². The van der Waals surface area contributed by atoms with E-state index in [9.17, 15) is 9.18 Å². The molecule has 0 saturated heterocycles. The first-order valence-corrected chi connectivity index (χ1v) is 8.24. The van der Waals surface area contributed by atoms with Crippen molar-refractivity contribution in [2.24, 2.45) is 5.92 Å².